The van der Waals surface area contributed by atoms with Gasteiger partial charge in [-0.05, 0) is 44.2 Å². The largest absolute Gasteiger partial charge is 0.481 e. The molecule has 0 bridgehead atoms. The molecule has 0 fully saturated rings. The lowest BCUT2D eigenvalue weighted by Gasteiger charge is -2.19. The van der Waals surface area contributed by atoms with Gasteiger partial charge in [0.05, 0.1) is 6.42 Å². The molecular weight excluding hydrogens is 230 g/mol. The van der Waals surface area contributed by atoms with Crippen LogP contribution in [0.15, 0.2) is 10.9 Å². The predicted octanol–water partition coefficient (Wildman–Crippen LogP) is 1.94. The molecule has 1 atom stereocenters. The van der Waals surface area contributed by atoms with Crippen molar-refractivity contribution in [3.63, 3.8) is 0 Å². The number of rotatable bonds is 4. The second kappa shape index (κ2) is 4.96. The van der Waals surface area contributed by atoms with Crippen LogP contribution in [-0.2, 0) is 24.1 Å². The monoisotopic (exact) mass is 249 g/mol. The van der Waals surface area contributed by atoms with Gasteiger partial charge in [0.1, 0.15) is 0 Å². The van der Waals surface area contributed by atoms with Gasteiger partial charge in [-0.3, -0.25) is 9.59 Å². The molecule has 0 aliphatic heterocycles. The zero-order chi connectivity index (χ0) is 13.3. The van der Waals surface area contributed by atoms with Gasteiger partial charge in [-0.15, -0.1) is 0 Å². The molecular formula is C14H19NO3. The highest BCUT2D eigenvalue weighted by Gasteiger charge is 2.22. The summed E-state index contributed by atoms with van der Waals surface area (Å²) >= 11 is 0. The van der Waals surface area contributed by atoms with E-state index in [9.17, 15) is 9.59 Å². The van der Waals surface area contributed by atoms with E-state index in [4.69, 9.17) is 5.11 Å². The van der Waals surface area contributed by atoms with Crippen LogP contribution in [0.3, 0.4) is 0 Å². The van der Waals surface area contributed by atoms with E-state index in [2.05, 4.69) is 0 Å². The molecule has 1 aromatic heterocycles. The lowest BCUT2D eigenvalue weighted by molar-refractivity contribution is -0.136. The van der Waals surface area contributed by atoms with Gasteiger partial charge in [0, 0.05) is 17.3 Å². The number of carboxylic acid groups (broad SMARTS) is 1. The minimum atomic E-state index is -0.944. The highest BCUT2D eigenvalue weighted by Crippen LogP contribution is 2.24. The predicted molar refractivity (Wildman–Crippen MR) is 69.1 cm³/mol. The van der Waals surface area contributed by atoms with Crippen LogP contribution in [0.2, 0.25) is 0 Å². The fourth-order valence-electron chi connectivity index (χ4n) is 2.67. The van der Waals surface area contributed by atoms with Crippen molar-refractivity contribution >= 4 is 5.97 Å². The number of aryl methyl sites for hydroxylation is 1. The van der Waals surface area contributed by atoms with Crippen LogP contribution in [0.5, 0.6) is 0 Å². The minimum absolute atomic E-state index is 0.118. The molecule has 4 heteroatoms. The maximum absolute atomic E-state index is 12.4. The molecule has 18 heavy (non-hydrogen) atoms. The van der Waals surface area contributed by atoms with Gasteiger partial charge in [0.25, 0.3) is 5.56 Å². The molecule has 1 aliphatic carbocycles. The number of nitrogens with zero attached hydrogens (tertiary/aromatic N) is 1. The molecule has 1 aromatic rings. The average molecular weight is 249 g/mol. The fourth-order valence-corrected chi connectivity index (χ4v) is 2.67. The summed E-state index contributed by atoms with van der Waals surface area (Å²) in [6.07, 6.45) is 3.65. The number of carbonyl (C=O) groups is 1. The fraction of sp³-hybridized carbons (Fsp3) is 0.571. The number of fused-ring (bicyclic) bond motifs is 1. The van der Waals surface area contributed by atoms with Crippen molar-refractivity contribution in [1.29, 1.82) is 0 Å². The zero-order valence-corrected chi connectivity index (χ0v) is 10.9. The number of aromatic nitrogens is 1. The Morgan fingerprint density at radius 2 is 2.22 bits per heavy atom. The Bertz CT molecular complexity index is 531. The van der Waals surface area contributed by atoms with Gasteiger partial charge in [-0.2, -0.15) is 0 Å². The van der Waals surface area contributed by atoms with Crippen molar-refractivity contribution < 1.29 is 9.90 Å². The molecule has 0 saturated carbocycles. The van der Waals surface area contributed by atoms with Gasteiger partial charge < -0.3 is 9.67 Å². The van der Waals surface area contributed by atoms with E-state index in [1.165, 1.54) is 0 Å². The second-order valence-electron chi connectivity index (χ2n) is 5.00. The molecule has 4 nitrogen and oxygen atoms in total. The van der Waals surface area contributed by atoms with E-state index in [1.54, 1.807) is 6.07 Å². The SMILES string of the molecule is CCC(C)n1c2c(cc(CC(=O)O)c1=O)CCC2. The maximum Gasteiger partial charge on any atom is 0.308 e. The molecule has 98 valence electrons. The molecule has 0 radical (unpaired) electrons. The van der Waals surface area contributed by atoms with E-state index in [0.717, 1.165) is 36.9 Å². The van der Waals surface area contributed by atoms with Gasteiger partial charge >= 0.3 is 5.97 Å². The molecule has 1 heterocycles. The number of pyridine rings is 1. The summed E-state index contributed by atoms with van der Waals surface area (Å²) in [6.45, 7) is 4.06. The lowest BCUT2D eigenvalue weighted by Crippen LogP contribution is -2.30. The highest BCUT2D eigenvalue weighted by atomic mass is 16.4. The van der Waals surface area contributed by atoms with Gasteiger partial charge in [-0.1, -0.05) is 6.92 Å². The molecule has 1 N–H and O–H groups in total. The molecule has 0 saturated heterocycles. The van der Waals surface area contributed by atoms with Crippen molar-refractivity contribution in [2.75, 3.05) is 0 Å². The number of hydrogen-bond donors (Lipinski definition) is 1. The van der Waals surface area contributed by atoms with Gasteiger partial charge in [0.2, 0.25) is 0 Å². The van der Waals surface area contributed by atoms with E-state index < -0.39 is 5.97 Å². The summed E-state index contributed by atoms with van der Waals surface area (Å²) in [5.41, 5.74) is 2.57. The molecule has 0 amide bonds. The second-order valence-corrected chi connectivity index (χ2v) is 5.00. The first-order valence-electron chi connectivity index (χ1n) is 6.52. The quantitative estimate of drug-likeness (QED) is 0.887. The van der Waals surface area contributed by atoms with Crippen LogP contribution in [0.25, 0.3) is 0 Å². The van der Waals surface area contributed by atoms with Crippen LogP contribution in [0.1, 0.15) is 49.6 Å². The van der Waals surface area contributed by atoms with E-state index in [0.29, 0.717) is 5.56 Å². The standard InChI is InChI=1S/C14H19NO3/c1-3-9(2)15-12-6-4-5-10(12)7-11(14(15)18)8-13(16)17/h7,9H,3-6,8H2,1-2H3,(H,16,17). The Balaban J connectivity index is 2.59. The van der Waals surface area contributed by atoms with Crippen LogP contribution < -0.4 is 5.56 Å². The van der Waals surface area contributed by atoms with Crippen molar-refractivity contribution in [3.05, 3.63) is 33.2 Å². The summed E-state index contributed by atoms with van der Waals surface area (Å²) in [6, 6.07) is 1.94. The Morgan fingerprint density at radius 3 is 2.83 bits per heavy atom. The first-order chi connectivity index (χ1) is 8.54. The Morgan fingerprint density at radius 1 is 1.50 bits per heavy atom. The molecule has 1 unspecified atom stereocenters. The van der Waals surface area contributed by atoms with Crippen molar-refractivity contribution in [3.8, 4) is 0 Å². The van der Waals surface area contributed by atoms with E-state index in [-0.39, 0.29) is 18.0 Å². The molecule has 0 spiro atoms. The summed E-state index contributed by atoms with van der Waals surface area (Å²) in [5.74, 6) is -0.944. The molecule has 0 aromatic carbocycles. The summed E-state index contributed by atoms with van der Waals surface area (Å²) < 4.78 is 1.82. The van der Waals surface area contributed by atoms with Crippen LogP contribution in [-0.4, -0.2) is 15.6 Å². The summed E-state index contributed by atoms with van der Waals surface area (Å²) in [7, 11) is 0. The summed E-state index contributed by atoms with van der Waals surface area (Å²) in [5, 5.41) is 8.88. The smallest absolute Gasteiger partial charge is 0.308 e. The van der Waals surface area contributed by atoms with Crippen molar-refractivity contribution in [2.45, 2.75) is 52.0 Å². The first kappa shape index (κ1) is 12.9. The zero-order valence-electron chi connectivity index (χ0n) is 10.9. The van der Waals surface area contributed by atoms with Crippen LogP contribution in [0, 0.1) is 0 Å². The topological polar surface area (TPSA) is 59.3 Å². The highest BCUT2D eigenvalue weighted by molar-refractivity contribution is 5.70. The minimum Gasteiger partial charge on any atom is -0.481 e. The average Bonchev–Trinajstić information content (AvgIpc) is 2.76. The van der Waals surface area contributed by atoms with Crippen molar-refractivity contribution in [1.82, 2.24) is 4.57 Å². The molecule has 2 rings (SSSR count). The normalized spacial score (nSPS) is 15.4. The van der Waals surface area contributed by atoms with E-state index >= 15 is 0 Å². The van der Waals surface area contributed by atoms with Crippen LogP contribution in [0.4, 0.5) is 0 Å². The Kier molecular flexibility index (Phi) is 3.55. The Hall–Kier alpha value is -1.58. The Labute approximate surface area is 106 Å². The summed E-state index contributed by atoms with van der Waals surface area (Å²) in [4.78, 5) is 23.2. The lowest BCUT2D eigenvalue weighted by atomic mass is 10.1. The number of carboxylic acids is 1. The van der Waals surface area contributed by atoms with Gasteiger partial charge in [-0.25, -0.2) is 0 Å². The van der Waals surface area contributed by atoms with Crippen molar-refractivity contribution in [2.24, 2.45) is 0 Å². The number of aliphatic carboxylic acids is 1. The molecule has 1 aliphatic rings. The third-order valence-corrected chi connectivity index (χ3v) is 3.74. The first-order valence-corrected chi connectivity index (χ1v) is 6.52. The van der Waals surface area contributed by atoms with E-state index in [1.807, 2.05) is 18.4 Å². The third-order valence-electron chi connectivity index (χ3n) is 3.74. The maximum atomic E-state index is 12.4. The number of hydrogen-bond acceptors (Lipinski definition) is 2. The third kappa shape index (κ3) is 2.19. The van der Waals surface area contributed by atoms with Crippen LogP contribution >= 0.6 is 0 Å². The van der Waals surface area contributed by atoms with Gasteiger partial charge in [0.15, 0.2) is 0 Å².